The van der Waals surface area contributed by atoms with Crippen molar-refractivity contribution in [3.8, 4) is 5.75 Å². The minimum Gasteiger partial charge on any atom is -0.490 e. The largest absolute Gasteiger partial charge is 0.490 e. The van der Waals surface area contributed by atoms with E-state index in [1.165, 1.54) is 10.7 Å². The smallest absolute Gasteiger partial charge is 0.259 e. The van der Waals surface area contributed by atoms with Gasteiger partial charge < -0.3 is 19.7 Å². The molecule has 0 unspecified atom stereocenters. The van der Waals surface area contributed by atoms with E-state index in [9.17, 15) is 13.2 Å². The minimum absolute atomic E-state index is 0.164. The summed E-state index contributed by atoms with van der Waals surface area (Å²) in [5, 5.41) is 2.97. The molecule has 186 valence electrons. The summed E-state index contributed by atoms with van der Waals surface area (Å²) in [4.78, 5) is 15.7. The van der Waals surface area contributed by atoms with Crippen LogP contribution in [-0.4, -0.2) is 65.1 Å². The molecule has 8 nitrogen and oxygen atoms in total. The predicted octanol–water partition coefficient (Wildman–Crippen LogP) is 3.98. The Morgan fingerprint density at radius 1 is 1.03 bits per heavy atom. The molecule has 2 aromatic carbocycles. The number of nitrogens with zero attached hydrogens (tertiary/aromatic N) is 2. The molecule has 1 aliphatic heterocycles. The predicted molar refractivity (Wildman–Crippen MR) is 134 cm³/mol. The third-order valence-electron chi connectivity index (χ3n) is 5.93. The fourth-order valence-corrected chi connectivity index (χ4v) is 5.59. The second-order valence-electron chi connectivity index (χ2n) is 8.11. The van der Waals surface area contributed by atoms with Crippen molar-refractivity contribution < 1.29 is 22.7 Å². The van der Waals surface area contributed by atoms with Crippen molar-refractivity contribution in [2.24, 2.45) is 0 Å². The maximum absolute atomic E-state index is 13.3. The van der Waals surface area contributed by atoms with Crippen LogP contribution in [0.3, 0.4) is 0 Å². The van der Waals surface area contributed by atoms with Crippen molar-refractivity contribution in [2.75, 3.05) is 56.7 Å². The summed E-state index contributed by atoms with van der Waals surface area (Å²) in [6, 6.07) is 12.0. The van der Waals surface area contributed by atoms with Crippen LogP contribution < -0.4 is 15.0 Å². The third-order valence-corrected chi connectivity index (χ3v) is 7.98. The van der Waals surface area contributed by atoms with E-state index in [4.69, 9.17) is 9.47 Å². The lowest BCUT2D eigenvalue weighted by atomic mass is 10.1. The topological polar surface area (TPSA) is 88.2 Å². The number of hydrogen-bond acceptors (Lipinski definition) is 6. The summed E-state index contributed by atoms with van der Waals surface area (Å²) in [7, 11) is -2.08. The zero-order valence-electron chi connectivity index (χ0n) is 20.2. The highest BCUT2D eigenvalue weighted by atomic mass is 32.2. The molecule has 0 aromatic heterocycles. The molecule has 1 N–H and O–H groups in total. The number of benzene rings is 2. The van der Waals surface area contributed by atoms with Gasteiger partial charge in [0.25, 0.3) is 5.91 Å². The van der Waals surface area contributed by atoms with Gasteiger partial charge in [-0.3, -0.25) is 4.79 Å². The number of ether oxygens (including phenoxy) is 2. The van der Waals surface area contributed by atoms with E-state index >= 15 is 0 Å². The van der Waals surface area contributed by atoms with Crippen LogP contribution in [-0.2, 0) is 14.8 Å². The van der Waals surface area contributed by atoms with E-state index in [1.54, 1.807) is 49.6 Å². The second kappa shape index (κ2) is 12.2. The molecule has 0 radical (unpaired) electrons. The van der Waals surface area contributed by atoms with Gasteiger partial charge in [0.05, 0.1) is 28.4 Å². The van der Waals surface area contributed by atoms with Gasteiger partial charge in [-0.25, -0.2) is 8.42 Å². The first-order valence-corrected chi connectivity index (χ1v) is 13.3. The van der Waals surface area contributed by atoms with Gasteiger partial charge in [0, 0.05) is 33.3 Å². The Bertz CT molecular complexity index is 1060. The summed E-state index contributed by atoms with van der Waals surface area (Å²) < 4.78 is 38.5. The van der Waals surface area contributed by atoms with Crippen LogP contribution in [0, 0.1) is 0 Å². The Labute approximate surface area is 202 Å². The van der Waals surface area contributed by atoms with Crippen LogP contribution in [0.2, 0.25) is 0 Å². The Kier molecular flexibility index (Phi) is 9.32. The van der Waals surface area contributed by atoms with E-state index in [0.717, 1.165) is 31.6 Å². The lowest BCUT2D eigenvalue weighted by Gasteiger charge is -2.31. The van der Waals surface area contributed by atoms with E-state index in [1.807, 2.05) is 13.8 Å². The SMILES string of the molecule is CCN(CC)S(=O)(=O)c1ccc(N2CCCCC2)c(NC(=O)c2ccccc2OCCOC)c1. The number of rotatable bonds is 11. The lowest BCUT2D eigenvalue weighted by Crippen LogP contribution is -2.32. The summed E-state index contributed by atoms with van der Waals surface area (Å²) in [6.45, 7) is 6.82. The zero-order chi connectivity index (χ0) is 24.6. The molecule has 34 heavy (non-hydrogen) atoms. The van der Waals surface area contributed by atoms with Crippen LogP contribution >= 0.6 is 0 Å². The first-order valence-electron chi connectivity index (χ1n) is 11.8. The quantitative estimate of drug-likeness (QED) is 0.480. The molecule has 1 amide bonds. The van der Waals surface area contributed by atoms with Gasteiger partial charge in [0.1, 0.15) is 12.4 Å². The molecule has 0 bridgehead atoms. The number of anilines is 2. The van der Waals surface area contributed by atoms with Crippen molar-refractivity contribution in [2.45, 2.75) is 38.0 Å². The lowest BCUT2D eigenvalue weighted by molar-refractivity contribution is 0.101. The molecular formula is C25H35N3O5S. The van der Waals surface area contributed by atoms with E-state index in [-0.39, 0.29) is 10.8 Å². The molecule has 9 heteroatoms. The summed E-state index contributed by atoms with van der Waals surface area (Å²) >= 11 is 0. The van der Waals surface area contributed by atoms with Gasteiger partial charge in [-0.05, 0) is 49.6 Å². The first-order chi connectivity index (χ1) is 16.4. The molecule has 2 aromatic rings. The summed E-state index contributed by atoms with van der Waals surface area (Å²) in [5.41, 5.74) is 1.68. The van der Waals surface area contributed by atoms with Crippen molar-refractivity contribution in [1.29, 1.82) is 0 Å². The Balaban J connectivity index is 1.97. The Morgan fingerprint density at radius 3 is 2.41 bits per heavy atom. The number of carbonyl (C=O) groups is 1. The number of nitrogens with one attached hydrogen (secondary N) is 1. The van der Waals surface area contributed by atoms with Gasteiger partial charge in [-0.2, -0.15) is 4.31 Å². The normalized spacial score (nSPS) is 14.3. The number of sulfonamides is 1. The van der Waals surface area contributed by atoms with Gasteiger partial charge in [-0.1, -0.05) is 26.0 Å². The van der Waals surface area contributed by atoms with Crippen molar-refractivity contribution in [3.05, 3.63) is 48.0 Å². The van der Waals surface area contributed by atoms with E-state index < -0.39 is 10.0 Å². The van der Waals surface area contributed by atoms with Crippen molar-refractivity contribution in [1.82, 2.24) is 4.31 Å². The molecule has 0 aliphatic carbocycles. The molecule has 1 fully saturated rings. The van der Waals surface area contributed by atoms with Crippen LogP contribution in [0.15, 0.2) is 47.4 Å². The fraction of sp³-hybridized carbons (Fsp3) is 0.480. The highest BCUT2D eigenvalue weighted by molar-refractivity contribution is 7.89. The van der Waals surface area contributed by atoms with Gasteiger partial charge in [0.15, 0.2) is 0 Å². The maximum Gasteiger partial charge on any atom is 0.259 e. The summed E-state index contributed by atoms with van der Waals surface area (Å²) in [6.07, 6.45) is 3.28. The number of piperidine rings is 1. The first kappa shape index (κ1) is 26.0. The highest BCUT2D eigenvalue weighted by Crippen LogP contribution is 2.33. The number of carbonyl (C=O) groups excluding carboxylic acids is 1. The number of hydrogen-bond donors (Lipinski definition) is 1. The van der Waals surface area contributed by atoms with Gasteiger partial charge >= 0.3 is 0 Å². The molecule has 0 saturated carbocycles. The average molecular weight is 490 g/mol. The van der Waals surface area contributed by atoms with Crippen LogP contribution in [0.4, 0.5) is 11.4 Å². The van der Waals surface area contributed by atoms with Crippen molar-refractivity contribution >= 4 is 27.3 Å². The molecule has 0 atom stereocenters. The standard InChI is InChI=1S/C25H35N3O5S/c1-4-28(5-2)34(30,31)20-13-14-23(27-15-9-6-10-16-27)22(19-20)26-25(29)21-11-7-8-12-24(21)33-18-17-32-3/h7-8,11-14,19H,4-6,9-10,15-18H2,1-3H3,(H,26,29). The third kappa shape index (κ3) is 6.08. The molecule has 3 rings (SSSR count). The molecule has 1 heterocycles. The maximum atomic E-state index is 13.3. The molecule has 0 spiro atoms. The monoisotopic (exact) mass is 489 g/mol. The Hall–Kier alpha value is -2.62. The molecule has 1 aliphatic rings. The van der Waals surface area contributed by atoms with Crippen LogP contribution in [0.25, 0.3) is 0 Å². The van der Waals surface area contributed by atoms with E-state index in [0.29, 0.717) is 43.3 Å². The fourth-order valence-electron chi connectivity index (χ4n) is 4.10. The van der Waals surface area contributed by atoms with Crippen molar-refractivity contribution in [3.63, 3.8) is 0 Å². The number of para-hydroxylation sites is 1. The molecule has 1 saturated heterocycles. The van der Waals surface area contributed by atoms with Gasteiger partial charge in [0.2, 0.25) is 10.0 Å². The van der Waals surface area contributed by atoms with Crippen LogP contribution in [0.1, 0.15) is 43.5 Å². The van der Waals surface area contributed by atoms with E-state index in [2.05, 4.69) is 10.2 Å². The average Bonchev–Trinajstić information content (AvgIpc) is 2.85. The van der Waals surface area contributed by atoms with Crippen LogP contribution in [0.5, 0.6) is 5.75 Å². The van der Waals surface area contributed by atoms with Gasteiger partial charge in [-0.15, -0.1) is 0 Å². The number of methoxy groups -OCH3 is 1. The number of amides is 1. The molecular weight excluding hydrogens is 454 g/mol. The highest BCUT2D eigenvalue weighted by Gasteiger charge is 2.25. The minimum atomic E-state index is -3.67. The Morgan fingerprint density at radius 2 is 1.74 bits per heavy atom. The zero-order valence-corrected chi connectivity index (χ0v) is 21.1. The second-order valence-corrected chi connectivity index (χ2v) is 10.0. The summed E-state index contributed by atoms with van der Waals surface area (Å²) in [5.74, 6) is 0.0900.